The lowest BCUT2D eigenvalue weighted by atomic mass is 10.2. The molecule has 1 heterocycles. The van der Waals surface area contributed by atoms with Crippen molar-refractivity contribution in [2.75, 3.05) is 0 Å². The first-order valence-corrected chi connectivity index (χ1v) is 4.64. The summed E-state index contributed by atoms with van der Waals surface area (Å²) in [5.74, 6) is 0. The third kappa shape index (κ3) is 1.50. The Bertz CT molecular complexity index is 466. The number of halogens is 2. The van der Waals surface area contributed by atoms with Crippen LogP contribution in [0.5, 0.6) is 0 Å². The average Bonchev–Trinajstić information content (AvgIpc) is 2.12. The Morgan fingerprint density at radius 2 is 2.00 bits per heavy atom. The Labute approximate surface area is 86.3 Å². The van der Waals surface area contributed by atoms with Gasteiger partial charge in [0, 0.05) is 11.6 Å². The van der Waals surface area contributed by atoms with Gasteiger partial charge in [0.1, 0.15) is 0 Å². The van der Waals surface area contributed by atoms with Crippen molar-refractivity contribution in [3.8, 4) is 0 Å². The Balaban J connectivity index is 2.87. The van der Waals surface area contributed by atoms with Crippen molar-refractivity contribution in [3.05, 3.63) is 40.0 Å². The van der Waals surface area contributed by atoms with Crippen LogP contribution < -0.4 is 0 Å². The van der Waals surface area contributed by atoms with E-state index >= 15 is 0 Å². The molecule has 0 unspecified atom stereocenters. The maximum atomic E-state index is 5.98. The van der Waals surface area contributed by atoms with Gasteiger partial charge in [-0.05, 0) is 24.6 Å². The molecule has 0 saturated carbocycles. The van der Waals surface area contributed by atoms with Crippen molar-refractivity contribution in [2.24, 2.45) is 0 Å². The number of benzene rings is 1. The van der Waals surface area contributed by atoms with Crippen LogP contribution >= 0.6 is 23.2 Å². The van der Waals surface area contributed by atoms with E-state index in [1.54, 1.807) is 12.3 Å². The minimum atomic E-state index is 0.527. The molecule has 0 radical (unpaired) electrons. The highest BCUT2D eigenvalue weighted by molar-refractivity contribution is 6.44. The highest BCUT2D eigenvalue weighted by Gasteiger charge is 2.04. The predicted molar refractivity (Wildman–Crippen MR) is 56.5 cm³/mol. The largest absolute Gasteiger partial charge is 0.254 e. The van der Waals surface area contributed by atoms with Crippen molar-refractivity contribution in [2.45, 2.75) is 6.92 Å². The number of rotatable bonds is 0. The lowest BCUT2D eigenvalue weighted by molar-refractivity contribution is 1.33. The van der Waals surface area contributed by atoms with Crippen LogP contribution in [0.3, 0.4) is 0 Å². The number of nitrogens with zero attached hydrogens (tertiary/aromatic N) is 1. The second-order valence-electron chi connectivity index (χ2n) is 2.95. The van der Waals surface area contributed by atoms with Gasteiger partial charge in [-0.1, -0.05) is 29.3 Å². The number of fused-ring (bicyclic) bond motifs is 1. The molecule has 1 aromatic carbocycles. The zero-order valence-electron chi connectivity index (χ0n) is 7.01. The molecule has 3 heteroatoms. The summed E-state index contributed by atoms with van der Waals surface area (Å²) in [7, 11) is 0. The molecule has 2 rings (SSSR count). The lowest BCUT2D eigenvalue weighted by Gasteiger charge is -2.01. The molecule has 0 N–H and O–H groups in total. The molecule has 0 saturated heterocycles. The zero-order valence-corrected chi connectivity index (χ0v) is 8.52. The van der Waals surface area contributed by atoms with Crippen molar-refractivity contribution in [1.29, 1.82) is 0 Å². The van der Waals surface area contributed by atoms with Gasteiger partial charge in [0.05, 0.1) is 15.6 Å². The minimum Gasteiger partial charge on any atom is -0.254 e. The number of hydrogen-bond donors (Lipinski definition) is 0. The molecular formula is C10H7Cl2N. The normalized spacial score (nSPS) is 10.7. The molecule has 0 atom stereocenters. The van der Waals surface area contributed by atoms with Gasteiger partial charge in [0.15, 0.2) is 0 Å². The minimum absolute atomic E-state index is 0.527. The van der Waals surface area contributed by atoms with E-state index in [0.717, 1.165) is 16.5 Å². The van der Waals surface area contributed by atoms with Crippen LogP contribution in [0.1, 0.15) is 5.56 Å². The summed E-state index contributed by atoms with van der Waals surface area (Å²) in [5, 5.41) is 2.10. The predicted octanol–water partition coefficient (Wildman–Crippen LogP) is 3.85. The summed E-state index contributed by atoms with van der Waals surface area (Å²) >= 11 is 11.8. The van der Waals surface area contributed by atoms with E-state index in [2.05, 4.69) is 4.98 Å². The molecule has 66 valence electrons. The molecule has 1 nitrogen and oxygen atoms in total. The van der Waals surface area contributed by atoms with E-state index < -0.39 is 0 Å². The highest BCUT2D eigenvalue weighted by atomic mass is 35.5. The SMILES string of the molecule is Cc1cnc2c(Cl)c(Cl)ccc2c1. The number of hydrogen-bond acceptors (Lipinski definition) is 1. The average molecular weight is 212 g/mol. The molecule has 2 aromatic rings. The summed E-state index contributed by atoms with van der Waals surface area (Å²) in [6.45, 7) is 1.99. The Hall–Kier alpha value is -0.790. The Kier molecular flexibility index (Phi) is 2.14. The number of aryl methyl sites for hydroxylation is 1. The topological polar surface area (TPSA) is 12.9 Å². The molecule has 0 bridgehead atoms. The van der Waals surface area contributed by atoms with E-state index in [9.17, 15) is 0 Å². The van der Waals surface area contributed by atoms with Crippen LogP contribution in [0.2, 0.25) is 10.0 Å². The Morgan fingerprint density at radius 1 is 1.23 bits per heavy atom. The van der Waals surface area contributed by atoms with Crippen molar-refractivity contribution in [3.63, 3.8) is 0 Å². The summed E-state index contributed by atoms with van der Waals surface area (Å²) < 4.78 is 0. The molecule has 1 aromatic heterocycles. The molecule has 13 heavy (non-hydrogen) atoms. The first-order chi connectivity index (χ1) is 6.18. The van der Waals surface area contributed by atoms with Crippen LogP contribution in [0.4, 0.5) is 0 Å². The lowest BCUT2D eigenvalue weighted by Crippen LogP contribution is -1.82. The van der Waals surface area contributed by atoms with E-state index in [-0.39, 0.29) is 0 Å². The third-order valence-corrected chi connectivity index (χ3v) is 2.68. The smallest absolute Gasteiger partial charge is 0.0903 e. The molecule has 0 amide bonds. The Morgan fingerprint density at radius 3 is 2.77 bits per heavy atom. The molecule has 0 aliphatic heterocycles. The quantitative estimate of drug-likeness (QED) is 0.646. The van der Waals surface area contributed by atoms with E-state index in [1.165, 1.54) is 0 Å². The summed E-state index contributed by atoms with van der Waals surface area (Å²) in [4.78, 5) is 4.22. The number of pyridine rings is 1. The number of aromatic nitrogens is 1. The van der Waals surface area contributed by atoms with Crippen molar-refractivity contribution < 1.29 is 0 Å². The third-order valence-electron chi connectivity index (χ3n) is 1.88. The summed E-state index contributed by atoms with van der Waals surface area (Å²) in [6, 6.07) is 5.74. The van der Waals surface area contributed by atoms with Gasteiger partial charge in [-0.3, -0.25) is 4.98 Å². The molecule has 0 fully saturated rings. The monoisotopic (exact) mass is 211 g/mol. The first kappa shape index (κ1) is 8.79. The van der Waals surface area contributed by atoms with Crippen molar-refractivity contribution >= 4 is 34.1 Å². The van der Waals surface area contributed by atoms with Gasteiger partial charge >= 0.3 is 0 Å². The standard InChI is InChI=1S/C10H7Cl2N/c1-6-4-7-2-3-8(11)9(12)10(7)13-5-6/h2-5H,1H3. The molecule has 0 aliphatic rings. The molecular weight excluding hydrogens is 205 g/mol. The first-order valence-electron chi connectivity index (χ1n) is 3.89. The maximum Gasteiger partial charge on any atom is 0.0903 e. The van der Waals surface area contributed by atoms with Crippen LogP contribution in [0.15, 0.2) is 24.4 Å². The molecule has 0 aliphatic carbocycles. The second-order valence-corrected chi connectivity index (χ2v) is 3.73. The van der Waals surface area contributed by atoms with Crippen LogP contribution in [-0.2, 0) is 0 Å². The molecule has 0 spiro atoms. The fourth-order valence-corrected chi connectivity index (χ4v) is 1.62. The van der Waals surface area contributed by atoms with Gasteiger partial charge in [-0.2, -0.15) is 0 Å². The summed E-state index contributed by atoms with van der Waals surface area (Å²) in [6.07, 6.45) is 1.78. The van der Waals surface area contributed by atoms with Gasteiger partial charge in [-0.25, -0.2) is 0 Å². The highest BCUT2D eigenvalue weighted by Crippen LogP contribution is 2.29. The fraction of sp³-hybridized carbons (Fsp3) is 0.100. The van der Waals surface area contributed by atoms with Crippen molar-refractivity contribution in [1.82, 2.24) is 4.98 Å². The maximum absolute atomic E-state index is 5.98. The van der Waals surface area contributed by atoms with Gasteiger partial charge < -0.3 is 0 Å². The van der Waals surface area contributed by atoms with E-state index in [0.29, 0.717) is 10.0 Å². The van der Waals surface area contributed by atoms with Gasteiger partial charge in [0.25, 0.3) is 0 Å². The van der Waals surface area contributed by atoms with Gasteiger partial charge in [0.2, 0.25) is 0 Å². The fourth-order valence-electron chi connectivity index (χ4n) is 1.25. The van der Waals surface area contributed by atoms with Crippen LogP contribution in [0.25, 0.3) is 10.9 Å². The van der Waals surface area contributed by atoms with Gasteiger partial charge in [-0.15, -0.1) is 0 Å². The van der Waals surface area contributed by atoms with E-state index in [1.807, 2.05) is 19.1 Å². The zero-order chi connectivity index (χ0) is 9.42. The second kappa shape index (κ2) is 3.17. The van der Waals surface area contributed by atoms with Crippen LogP contribution in [0, 0.1) is 6.92 Å². The summed E-state index contributed by atoms with van der Waals surface area (Å²) in [5.41, 5.74) is 1.88. The van der Waals surface area contributed by atoms with E-state index in [4.69, 9.17) is 23.2 Å². The van der Waals surface area contributed by atoms with Crippen LogP contribution in [-0.4, -0.2) is 4.98 Å².